The lowest BCUT2D eigenvalue weighted by atomic mass is 10.2. The first-order chi connectivity index (χ1) is 8.65. The number of halogens is 3. The Hall–Kier alpha value is -1.23. The van der Waals surface area contributed by atoms with E-state index in [0.29, 0.717) is 16.5 Å². The first kappa shape index (κ1) is 11.8. The van der Waals surface area contributed by atoms with E-state index in [4.69, 9.17) is 23.2 Å². The standard InChI is InChI=1S/C12H5Cl2FN2S/c13-7-5-6(1-2-8(7)15)12-16-9-3-4-18-10(9)11(14)17-12/h1-5H. The molecule has 18 heavy (non-hydrogen) atoms. The molecule has 3 aromatic rings. The van der Waals surface area contributed by atoms with Crippen molar-refractivity contribution in [3.8, 4) is 11.4 Å². The van der Waals surface area contributed by atoms with Crippen LogP contribution in [0.5, 0.6) is 0 Å². The van der Waals surface area contributed by atoms with Gasteiger partial charge < -0.3 is 0 Å². The summed E-state index contributed by atoms with van der Waals surface area (Å²) >= 11 is 13.3. The Bertz CT molecular complexity index is 742. The zero-order valence-electron chi connectivity index (χ0n) is 8.82. The quantitative estimate of drug-likeness (QED) is 0.603. The van der Waals surface area contributed by atoms with E-state index in [0.717, 1.165) is 10.2 Å². The fraction of sp³-hybridized carbons (Fsp3) is 0. The van der Waals surface area contributed by atoms with E-state index in [1.54, 1.807) is 6.07 Å². The summed E-state index contributed by atoms with van der Waals surface area (Å²) in [5, 5.41) is 2.33. The van der Waals surface area contributed by atoms with Gasteiger partial charge in [0, 0.05) is 5.56 Å². The molecule has 0 spiro atoms. The maximum absolute atomic E-state index is 13.1. The first-order valence-corrected chi connectivity index (χ1v) is 6.65. The molecule has 3 rings (SSSR count). The van der Waals surface area contributed by atoms with Crippen molar-refractivity contribution in [3.63, 3.8) is 0 Å². The summed E-state index contributed by atoms with van der Waals surface area (Å²) in [7, 11) is 0. The second kappa shape index (κ2) is 4.46. The van der Waals surface area contributed by atoms with Crippen LogP contribution in [0, 0.1) is 5.82 Å². The van der Waals surface area contributed by atoms with E-state index in [9.17, 15) is 4.39 Å². The zero-order chi connectivity index (χ0) is 12.7. The van der Waals surface area contributed by atoms with E-state index in [-0.39, 0.29) is 5.02 Å². The topological polar surface area (TPSA) is 25.8 Å². The lowest BCUT2D eigenvalue weighted by Crippen LogP contribution is -1.90. The van der Waals surface area contributed by atoms with Gasteiger partial charge in [-0.05, 0) is 29.6 Å². The van der Waals surface area contributed by atoms with Crippen LogP contribution in [0.2, 0.25) is 10.2 Å². The molecule has 0 amide bonds. The molecule has 0 saturated heterocycles. The summed E-state index contributed by atoms with van der Waals surface area (Å²) in [4.78, 5) is 8.57. The van der Waals surface area contributed by atoms with Crippen LogP contribution in [0.4, 0.5) is 4.39 Å². The van der Waals surface area contributed by atoms with E-state index in [2.05, 4.69) is 9.97 Å². The van der Waals surface area contributed by atoms with Crippen molar-refractivity contribution >= 4 is 44.8 Å². The van der Waals surface area contributed by atoms with Crippen molar-refractivity contribution in [1.82, 2.24) is 9.97 Å². The van der Waals surface area contributed by atoms with Crippen LogP contribution < -0.4 is 0 Å². The minimum absolute atomic E-state index is 0.0395. The van der Waals surface area contributed by atoms with Gasteiger partial charge in [-0.25, -0.2) is 14.4 Å². The van der Waals surface area contributed by atoms with E-state index in [1.807, 2.05) is 11.4 Å². The Morgan fingerprint density at radius 1 is 1.11 bits per heavy atom. The van der Waals surface area contributed by atoms with Crippen LogP contribution in [0.15, 0.2) is 29.6 Å². The molecule has 2 nitrogen and oxygen atoms in total. The van der Waals surface area contributed by atoms with Gasteiger partial charge in [0.25, 0.3) is 0 Å². The van der Waals surface area contributed by atoms with Crippen LogP contribution >= 0.6 is 34.5 Å². The maximum atomic E-state index is 13.1. The summed E-state index contributed by atoms with van der Waals surface area (Å²) in [5.41, 5.74) is 1.41. The molecule has 0 atom stereocenters. The molecular weight excluding hydrogens is 294 g/mol. The average Bonchev–Trinajstić information content (AvgIpc) is 2.81. The molecule has 2 heterocycles. The Morgan fingerprint density at radius 2 is 1.94 bits per heavy atom. The van der Waals surface area contributed by atoms with Crippen molar-refractivity contribution in [2.75, 3.05) is 0 Å². The van der Waals surface area contributed by atoms with Crippen LogP contribution in [-0.2, 0) is 0 Å². The SMILES string of the molecule is Fc1ccc(-c2nc(Cl)c3sccc3n2)cc1Cl. The summed E-state index contributed by atoms with van der Waals surface area (Å²) in [6.45, 7) is 0. The number of rotatable bonds is 1. The minimum Gasteiger partial charge on any atom is -0.227 e. The molecule has 0 radical (unpaired) electrons. The number of hydrogen-bond donors (Lipinski definition) is 0. The molecule has 0 saturated carbocycles. The second-order valence-electron chi connectivity index (χ2n) is 3.60. The van der Waals surface area contributed by atoms with Gasteiger partial charge in [0.1, 0.15) is 5.82 Å². The Morgan fingerprint density at radius 3 is 2.72 bits per heavy atom. The van der Waals surface area contributed by atoms with Crippen molar-refractivity contribution in [2.45, 2.75) is 0 Å². The molecule has 1 aromatic carbocycles. The molecule has 0 N–H and O–H groups in total. The van der Waals surface area contributed by atoms with E-state index < -0.39 is 5.82 Å². The molecule has 0 aliphatic heterocycles. The third kappa shape index (κ3) is 1.96. The fourth-order valence-electron chi connectivity index (χ4n) is 1.59. The van der Waals surface area contributed by atoms with Crippen molar-refractivity contribution in [3.05, 3.63) is 45.6 Å². The van der Waals surface area contributed by atoms with Crippen molar-refractivity contribution in [1.29, 1.82) is 0 Å². The second-order valence-corrected chi connectivity index (χ2v) is 5.28. The molecule has 2 aromatic heterocycles. The van der Waals surface area contributed by atoms with Gasteiger partial charge in [-0.2, -0.15) is 0 Å². The highest BCUT2D eigenvalue weighted by Crippen LogP contribution is 2.29. The van der Waals surface area contributed by atoms with Gasteiger partial charge in [0.05, 0.1) is 15.2 Å². The monoisotopic (exact) mass is 298 g/mol. The number of fused-ring (bicyclic) bond motifs is 1. The molecule has 6 heteroatoms. The highest BCUT2D eigenvalue weighted by atomic mass is 35.5. The Kier molecular flexibility index (Phi) is 2.93. The predicted octanol–water partition coefficient (Wildman–Crippen LogP) is 4.80. The summed E-state index contributed by atoms with van der Waals surface area (Å²) in [5.74, 6) is -0.0316. The number of benzene rings is 1. The summed E-state index contributed by atoms with van der Waals surface area (Å²) < 4.78 is 13.9. The van der Waals surface area contributed by atoms with Crippen molar-refractivity contribution in [2.24, 2.45) is 0 Å². The maximum Gasteiger partial charge on any atom is 0.161 e. The minimum atomic E-state index is -0.469. The lowest BCUT2D eigenvalue weighted by molar-refractivity contribution is 0.628. The van der Waals surface area contributed by atoms with E-state index >= 15 is 0 Å². The van der Waals surface area contributed by atoms with Gasteiger partial charge in [-0.1, -0.05) is 23.2 Å². The zero-order valence-corrected chi connectivity index (χ0v) is 11.2. The molecular formula is C12H5Cl2FN2S. The van der Waals surface area contributed by atoms with Gasteiger partial charge in [0.2, 0.25) is 0 Å². The summed E-state index contributed by atoms with van der Waals surface area (Å²) in [6.07, 6.45) is 0. The molecule has 0 bridgehead atoms. The van der Waals surface area contributed by atoms with E-state index in [1.165, 1.54) is 23.5 Å². The fourth-order valence-corrected chi connectivity index (χ4v) is 2.79. The Labute approximate surface area is 116 Å². The van der Waals surface area contributed by atoms with Crippen LogP contribution in [-0.4, -0.2) is 9.97 Å². The third-order valence-corrected chi connectivity index (χ3v) is 4.03. The molecule has 0 fully saturated rings. The predicted molar refractivity (Wildman–Crippen MR) is 72.8 cm³/mol. The highest BCUT2D eigenvalue weighted by molar-refractivity contribution is 7.17. The van der Waals surface area contributed by atoms with Gasteiger partial charge in [0.15, 0.2) is 11.0 Å². The lowest BCUT2D eigenvalue weighted by Gasteiger charge is -2.03. The van der Waals surface area contributed by atoms with Crippen LogP contribution in [0.25, 0.3) is 21.6 Å². The summed E-state index contributed by atoms with van der Waals surface area (Å²) in [6, 6.07) is 6.21. The number of nitrogens with zero attached hydrogens (tertiary/aromatic N) is 2. The normalized spacial score (nSPS) is 11.1. The van der Waals surface area contributed by atoms with Gasteiger partial charge >= 0.3 is 0 Å². The molecule has 0 aliphatic rings. The first-order valence-electron chi connectivity index (χ1n) is 5.01. The third-order valence-electron chi connectivity index (χ3n) is 2.44. The molecule has 0 aliphatic carbocycles. The number of thiophene rings is 1. The molecule has 0 unspecified atom stereocenters. The van der Waals surface area contributed by atoms with Crippen molar-refractivity contribution < 1.29 is 4.39 Å². The van der Waals surface area contributed by atoms with Gasteiger partial charge in [-0.3, -0.25) is 0 Å². The van der Waals surface area contributed by atoms with Crippen LogP contribution in [0.1, 0.15) is 0 Å². The van der Waals surface area contributed by atoms with Gasteiger partial charge in [-0.15, -0.1) is 11.3 Å². The van der Waals surface area contributed by atoms with Crippen LogP contribution in [0.3, 0.4) is 0 Å². The average molecular weight is 299 g/mol. The highest BCUT2D eigenvalue weighted by Gasteiger charge is 2.10. The smallest absolute Gasteiger partial charge is 0.161 e. The number of hydrogen-bond acceptors (Lipinski definition) is 3. The molecule has 90 valence electrons. The Balaban J connectivity index is 2.21. The number of aromatic nitrogens is 2. The largest absolute Gasteiger partial charge is 0.227 e.